The van der Waals surface area contributed by atoms with Crippen molar-refractivity contribution in [3.05, 3.63) is 205 Å². The van der Waals surface area contributed by atoms with Crippen LogP contribution in [0.25, 0.3) is 60.5 Å². The van der Waals surface area contributed by atoms with Gasteiger partial charge >= 0.3 is 0 Å². The van der Waals surface area contributed by atoms with E-state index in [1.807, 2.05) is 18.5 Å². The molecule has 9 rings (SSSR count). The highest BCUT2D eigenvalue weighted by molar-refractivity contribution is 6.26. The van der Waals surface area contributed by atoms with Gasteiger partial charge in [-0.15, -0.1) is 0 Å². The van der Waals surface area contributed by atoms with Crippen LogP contribution >= 0.6 is 0 Å². The largest absolute Gasteiger partial charge is 0.348 e. The van der Waals surface area contributed by atoms with E-state index in [9.17, 15) is 0 Å². The summed E-state index contributed by atoms with van der Waals surface area (Å²) >= 11 is 0. The van der Waals surface area contributed by atoms with Crippen molar-refractivity contribution in [2.24, 2.45) is 4.99 Å². The number of amidine groups is 1. The molecule has 8 aromatic rings. The minimum Gasteiger partial charge on any atom is -0.348 e. The Labute approximate surface area is 298 Å². The van der Waals surface area contributed by atoms with Crippen molar-refractivity contribution in [2.45, 2.75) is 6.04 Å². The maximum atomic E-state index is 5.33. The monoisotopic (exact) mass is 653 g/mol. The number of rotatable bonds is 6. The molecule has 51 heavy (non-hydrogen) atoms. The lowest BCUT2D eigenvalue weighted by Gasteiger charge is -2.37. The highest BCUT2D eigenvalue weighted by Gasteiger charge is 2.31. The molecule has 0 amide bonds. The summed E-state index contributed by atoms with van der Waals surface area (Å²) in [5, 5.41) is 4.82. The van der Waals surface area contributed by atoms with Crippen molar-refractivity contribution in [3.8, 4) is 33.4 Å². The van der Waals surface area contributed by atoms with E-state index in [1.165, 1.54) is 49.4 Å². The summed E-state index contributed by atoms with van der Waals surface area (Å²) in [6, 6.07) is 60.7. The Hall–Kier alpha value is -6.58. The average molecular weight is 654 g/mol. The summed E-state index contributed by atoms with van der Waals surface area (Å²) in [7, 11) is 2.19. The molecule has 1 aliphatic rings. The highest BCUT2D eigenvalue weighted by atomic mass is 15.2. The number of fused-ring (bicyclic) bond motifs is 2. The maximum Gasteiger partial charge on any atom is 0.137 e. The van der Waals surface area contributed by atoms with Crippen molar-refractivity contribution < 1.29 is 0 Å². The van der Waals surface area contributed by atoms with Gasteiger partial charge in [-0.3, -0.25) is 4.98 Å². The fourth-order valence-corrected chi connectivity index (χ4v) is 7.66. The Bertz CT molecular complexity index is 2500. The van der Waals surface area contributed by atoms with Crippen LogP contribution in [0.5, 0.6) is 0 Å². The molecule has 0 aliphatic carbocycles. The van der Waals surface area contributed by atoms with Gasteiger partial charge in [0.05, 0.1) is 6.04 Å². The van der Waals surface area contributed by atoms with Gasteiger partial charge < -0.3 is 4.90 Å². The van der Waals surface area contributed by atoms with E-state index in [0.29, 0.717) is 0 Å². The minimum absolute atomic E-state index is 0.0714. The molecule has 3 nitrogen and oxygen atoms in total. The quantitative estimate of drug-likeness (QED) is 0.167. The summed E-state index contributed by atoms with van der Waals surface area (Å²) < 4.78 is 0. The number of aliphatic imine (C=N–C) groups is 1. The molecule has 0 N–H and O–H groups in total. The van der Waals surface area contributed by atoms with E-state index in [-0.39, 0.29) is 6.04 Å². The van der Waals surface area contributed by atoms with Crippen molar-refractivity contribution in [2.75, 3.05) is 7.05 Å². The van der Waals surface area contributed by atoms with E-state index in [4.69, 9.17) is 4.99 Å². The van der Waals surface area contributed by atoms with Crippen LogP contribution in [0, 0.1) is 0 Å². The second-order valence-corrected chi connectivity index (χ2v) is 13.1. The van der Waals surface area contributed by atoms with Gasteiger partial charge in [0.25, 0.3) is 0 Å². The summed E-state index contributed by atoms with van der Waals surface area (Å²) in [5.41, 5.74) is 11.8. The molecule has 1 aromatic heterocycles. The fourth-order valence-electron chi connectivity index (χ4n) is 7.66. The van der Waals surface area contributed by atoms with Gasteiger partial charge in [-0.25, -0.2) is 4.99 Å². The summed E-state index contributed by atoms with van der Waals surface area (Å²) in [6.07, 6.45) is 5.82. The molecule has 1 atom stereocenters. The first kappa shape index (κ1) is 30.5. The van der Waals surface area contributed by atoms with Crippen LogP contribution in [0.2, 0.25) is 0 Å². The van der Waals surface area contributed by atoms with E-state index in [0.717, 1.165) is 33.7 Å². The van der Waals surface area contributed by atoms with Crippen LogP contribution < -0.4 is 0 Å². The zero-order valence-electron chi connectivity index (χ0n) is 28.3. The number of aromatic nitrogens is 1. The molecular formula is C48H35N3. The number of benzene rings is 7. The normalized spacial score (nSPS) is 14.4. The predicted molar refractivity (Wildman–Crippen MR) is 213 cm³/mol. The predicted octanol–water partition coefficient (Wildman–Crippen LogP) is 11.9. The second-order valence-electron chi connectivity index (χ2n) is 13.1. The smallest absolute Gasteiger partial charge is 0.137 e. The Morgan fingerprint density at radius 2 is 0.902 bits per heavy atom. The van der Waals surface area contributed by atoms with Crippen LogP contribution in [-0.2, 0) is 0 Å². The molecule has 0 fully saturated rings. The lowest BCUT2D eigenvalue weighted by atomic mass is 9.86. The maximum absolute atomic E-state index is 5.33. The number of hydrogen-bond acceptors (Lipinski definition) is 3. The Kier molecular flexibility index (Phi) is 7.79. The zero-order chi connectivity index (χ0) is 34.1. The molecule has 1 unspecified atom stereocenters. The molecule has 0 radical (unpaired) electrons. The molecule has 0 bridgehead atoms. The average Bonchev–Trinajstić information content (AvgIpc) is 3.21. The molecule has 242 valence electrons. The summed E-state index contributed by atoms with van der Waals surface area (Å²) in [4.78, 5) is 12.0. The molecule has 0 saturated heterocycles. The van der Waals surface area contributed by atoms with Gasteiger partial charge in [-0.1, -0.05) is 164 Å². The third-order valence-corrected chi connectivity index (χ3v) is 10.1. The SMILES string of the molecule is CN1C(c2c3ccccc3c(-c3ccccc3)c3ccccc23)=NC=C(c2ccc(-c3cccnc3)cc2)C1c1ccc(-c2ccccc2)cc1. The minimum atomic E-state index is -0.0714. The first-order chi connectivity index (χ1) is 25.2. The topological polar surface area (TPSA) is 28.5 Å². The van der Waals surface area contributed by atoms with E-state index < -0.39 is 0 Å². The molecule has 0 saturated carbocycles. The first-order valence-electron chi connectivity index (χ1n) is 17.4. The number of hydrogen-bond donors (Lipinski definition) is 0. The molecule has 0 spiro atoms. The summed E-state index contributed by atoms with van der Waals surface area (Å²) in [6.45, 7) is 0. The van der Waals surface area contributed by atoms with Crippen LogP contribution in [0.4, 0.5) is 0 Å². The summed E-state index contributed by atoms with van der Waals surface area (Å²) in [5.74, 6) is 0.954. The van der Waals surface area contributed by atoms with Crippen molar-refractivity contribution in [1.29, 1.82) is 0 Å². The van der Waals surface area contributed by atoms with Gasteiger partial charge in [0.15, 0.2) is 0 Å². The molecular weight excluding hydrogens is 619 g/mol. The third kappa shape index (κ3) is 5.50. The Morgan fingerprint density at radius 1 is 0.431 bits per heavy atom. The lowest BCUT2D eigenvalue weighted by molar-refractivity contribution is 0.445. The van der Waals surface area contributed by atoms with Crippen molar-refractivity contribution in [1.82, 2.24) is 9.88 Å². The van der Waals surface area contributed by atoms with E-state index in [2.05, 4.69) is 187 Å². The van der Waals surface area contributed by atoms with Gasteiger partial charge in [-0.05, 0) is 72.1 Å². The van der Waals surface area contributed by atoms with Crippen molar-refractivity contribution >= 4 is 33.0 Å². The van der Waals surface area contributed by atoms with E-state index in [1.54, 1.807) is 0 Å². The van der Waals surface area contributed by atoms with Crippen molar-refractivity contribution in [3.63, 3.8) is 0 Å². The zero-order valence-corrected chi connectivity index (χ0v) is 28.3. The third-order valence-electron chi connectivity index (χ3n) is 10.1. The van der Waals surface area contributed by atoms with Crippen LogP contribution in [0.1, 0.15) is 22.7 Å². The molecule has 3 heteroatoms. The van der Waals surface area contributed by atoms with Gasteiger partial charge in [0, 0.05) is 36.8 Å². The van der Waals surface area contributed by atoms with Gasteiger partial charge in [0.1, 0.15) is 5.84 Å². The van der Waals surface area contributed by atoms with Crippen LogP contribution in [0.3, 0.4) is 0 Å². The standard InChI is InChI=1S/C48H35N3/c1-51-47(38-28-24-34(25-29-38)33-13-4-2-5-14-33)44(36-26-22-35(23-27-36)39-17-12-30-49-31-39)32-50-48(51)46-42-20-10-8-18-40(42)45(37-15-6-3-7-16-37)41-19-9-11-21-43(41)46/h2-32,47H,1H3. The van der Waals surface area contributed by atoms with Gasteiger partial charge in [0.2, 0.25) is 0 Å². The number of pyridine rings is 1. The van der Waals surface area contributed by atoms with Crippen LogP contribution in [-0.4, -0.2) is 22.8 Å². The Balaban J connectivity index is 1.23. The van der Waals surface area contributed by atoms with Crippen LogP contribution in [0.15, 0.2) is 193 Å². The first-order valence-corrected chi connectivity index (χ1v) is 17.4. The lowest BCUT2D eigenvalue weighted by Crippen LogP contribution is -2.35. The molecule has 2 heterocycles. The highest BCUT2D eigenvalue weighted by Crippen LogP contribution is 2.44. The second kappa shape index (κ2) is 13.0. The fraction of sp³-hybridized carbons (Fsp3) is 0.0417. The Morgan fingerprint density at radius 3 is 1.49 bits per heavy atom. The number of nitrogens with zero attached hydrogens (tertiary/aromatic N) is 3. The van der Waals surface area contributed by atoms with E-state index >= 15 is 0 Å². The number of likely N-dealkylation sites (N-methyl/N-ethyl adjacent to an activating group) is 1. The van der Waals surface area contributed by atoms with Gasteiger partial charge in [-0.2, -0.15) is 0 Å². The molecule has 7 aromatic carbocycles. The molecule has 1 aliphatic heterocycles.